The van der Waals surface area contributed by atoms with Gasteiger partial charge in [-0.25, -0.2) is 4.79 Å². The molecular formula is C9H6F10O3. The summed E-state index contributed by atoms with van der Waals surface area (Å²) in [6, 6.07) is 0. The Kier molecular flexibility index (Phi) is 5.20. The highest BCUT2D eigenvalue weighted by Gasteiger charge is 2.78. The Labute approximate surface area is 115 Å². The molecule has 130 valence electrons. The molecule has 0 saturated heterocycles. The molecule has 0 heterocycles. The van der Waals surface area contributed by atoms with E-state index < -0.39 is 42.4 Å². The molecule has 0 aromatic carbocycles. The summed E-state index contributed by atoms with van der Waals surface area (Å²) in [5.74, 6) is -10.3. The second-order valence-electron chi connectivity index (χ2n) is 3.81. The summed E-state index contributed by atoms with van der Waals surface area (Å²) in [6.07, 6.45) is -22.0. The SMILES string of the molecule is C=CCC(OC(F)(F)C(F)(F)C(F)(F)F)(C(=O)O)C(F)(F)F. The molecule has 1 unspecified atom stereocenters. The van der Waals surface area contributed by atoms with Crippen LogP contribution in [0.4, 0.5) is 43.9 Å². The maximum Gasteiger partial charge on any atom is 0.462 e. The standard InChI is InChI=1S/C9H6F10O3/c1-2-3-5(4(20)21,7(12,13)14)22-9(18,19)6(10,11)8(15,16)17/h2H,1,3H2,(H,20,21). The lowest BCUT2D eigenvalue weighted by molar-refractivity contribution is -0.457. The van der Waals surface area contributed by atoms with Gasteiger partial charge in [0.15, 0.2) is 0 Å². The van der Waals surface area contributed by atoms with E-state index >= 15 is 0 Å². The van der Waals surface area contributed by atoms with E-state index in [1.165, 1.54) is 0 Å². The fourth-order valence-electron chi connectivity index (χ4n) is 1.12. The summed E-state index contributed by atoms with van der Waals surface area (Å²) < 4.78 is 127. The van der Waals surface area contributed by atoms with Crippen LogP contribution < -0.4 is 0 Å². The fourth-order valence-corrected chi connectivity index (χ4v) is 1.12. The number of alkyl halides is 10. The maximum absolute atomic E-state index is 12.9. The van der Waals surface area contributed by atoms with Crippen LogP contribution in [0.15, 0.2) is 12.7 Å². The normalized spacial score (nSPS) is 17.0. The topological polar surface area (TPSA) is 46.5 Å². The lowest BCUT2D eigenvalue weighted by atomic mass is 9.98. The first-order valence-electron chi connectivity index (χ1n) is 4.90. The molecule has 0 rings (SSSR count). The van der Waals surface area contributed by atoms with Crippen LogP contribution in [0.5, 0.6) is 0 Å². The molecule has 3 nitrogen and oxygen atoms in total. The first-order valence-corrected chi connectivity index (χ1v) is 4.90. The molecule has 0 bridgehead atoms. The van der Waals surface area contributed by atoms with Crippen LogP contribution in [0.2, 0.25) is 0 Å². The number of aliphatic carboxylic acids is 1. The predicted molar refractivity (Wildman–Crippen MR) is 48.3 cm³/mol. The van der Waals surface area contributed by atoms with Crippen molar-refractivity contribution in [1.82, 2.24) is 0 Å². The van der Waals surface area contributed by atoms with Crippen LogP contribution in [0.1, 0.15) is 6.42 Å². The minimum Gasteiger partial charge on any atom is -0.479 e. The summed E-state index contributed by atoms with van der Waals surface area (Å²) in [4.78, 5) is 10.6. The largest absolute Gasteiger partial charge is 0.479 e. The Morgan fingerprint density at radius 3 is 1.59 bits per heavy atom. The van der Waals surface area contributed by atoms with E-state index in [9.17, 15) is 48.7 Å². The number of hydrogen-bond acceptors (Lipinski definition) is 2. The van der Waals surface area contributed by atoms with Crippen LogP contribution >= 0.6 is 0 Å². The van der Waals surface area contributed by atoms with Gasteiger partial charge in [-0.1, -0.05) is 6.08 Å². The molecule has 0 spiro atoms. The number of carboxylic acid groups (broad SMARTS) is 1. The van der Waals surface area contributed by atoms with Gasteiger partial charge in [0, 0.05) is 6.42 Å². The zero-order valence-electron chi connectivity index (χ0n) is 10.0. The van der Waals surface area contributed by atoms with E-state index in [0.717, 1.165) is 0 Å². The highest BCUT2D eigenvalue weighted by molar-refractivity contribution is 5.79. The van der Waals surface area contributed by atoms with E-state index in [0.29, 0.717) is 0 Å². The monoisotopic (exact) mass is 352 g/mol. The number of rotatable bonds is 6. The van der Waals surface area contributed by atoms with Crippen molar-refractivity contribution in [3.05, 3.63) is 12.7 Å². The van der Waals surface area contributed by atoms with Gasteiger partial charge in [0.1, 0.15) is 0 Å². The number of hydrogen-bond donors (Lipinski definition) is 1. The van der Waals surface area contributed by atoms with Crippen molar-refractivity contribution < 1.29 is 58.5 Å². The molecule has 0 saturated carbocycles. The average Bonchev–Trinajstić information content (AvgIpc) is 2.24. The Hall–Kier alpha value is -1.53. The highest BCUT2D eigenvalue weighted by Crippen LogP contribution is 2.51. The maximum atomic E-state index is 12.9. The van der Waals surface area contributed by atoms with E-state index in [-0.39, 0.29) is 6.08 Å². The van der Waals surface area contributed by atoms with Gasteiger partial charge in [-0.05, 0) is 0 Å². The van der Waals surface area contributed by atoms with E-state index in [4.69, 9.17) is 5.11 Å². The van der Waals surface area contributed by atoms with Gasteiger partial charge in [-0.15, -0.1) is 6.58 Å². The number of halogens is 10. The zero-order chi connectivity index (χ0) is 18.2. The minimum atomic E-state index is -7.06. The summed E-state index contributed by atoms with van der Waals surface area (Å²) in [7, 11) is 0. The molecule has 0 radical (unpaired) electrons. The van der Waals surface area contributed by atoms with Crippen molar-refractivity contribution >= 4 is 5.97 Å². The number of ether oxygens (including phenoxy) is 1. The first kappa shape index (κ1) is 20.5. The van der Waals surface area contributed by atoms with Gasteiger partial charge >= 0.3 is 30.4 Å². The van der Waals surface area contributed by atoms with E-state index in [1.807, 2.05) is 0 Å². The summed E-state index contributed by atoms with van der Waals surface area (Å²) in [5, 5.41) is 8.37. The van der Waals surface area contributed by atoms with Gasteiger partial charge in [0.25, 0.3) is 5.60 Å². The van der Waals surface area contributed by atoms with E-state index in [1.54, 1.807) is 0 Å². The van der Waals surface area contributed by atoms with Crippen LogP contribution in [0.3, 0.4) is 0 Å². The molecule has 0 amide bonds. The van der Waals surface area contributed by atoms with Crippen LogP contribution in [0.25, 0.3) is 0 Å². The summed E-state index contributed by atoms with van der Waals surface area (Å²) in [5.41, 5.74) is -5.03. The molecule has 0 aromatic rings. The minimum absolute atomic E-state index is 0.0589. The molecule has 0 aromatic heterocycles. The quantitative estimate of drug-likeness (QED) is 0.585. The van der Waals surface area contributed by atoms with Gasteiger partial charge in [-0.3, -0.25) is 4.74 Å². The average molecular weight is 352 g/mol. The second kappa shape index (κ2) is 5.59. The Morgan fingerprint density at radius 1 is 0.955 bits per heavy atom. The van der Waals surface area contributed by atoms with Crippen LogP contribution in [-0.2, 0) is 9.53 Å². The first-order chi connectivity index (χ1) is 9.46. The third kappa shape index (κ3) is 3.28. The van der Waals surface area contributed by atoms with Gasteiger partial charge in [0.2, 0.25) is 0 Å². The van der Waals surface area contributed by atoms with Crippen LogP contribution in [-0.4, -0.2) is 41.1 Å². The molecule has 1 N–H and O–H groups in total. The van der Waals surface area contributed by atoms with Gasteiger partial charge < -0.3 is 5.11 Å². The summed E-state index contributed by atoms with van der Waals surface area (Å²) in [6.45, 7) is 2.58. The molecular weight excluding hydrogens is 346 g/mol. The molecule has 0 aliphatic carbocycles. The van der Waals surface area contributed by atoms with Crippen molar-refractivity contribution in [2.45, 2.75) is 36.4 Å². The number of carboxylic acids is 1. The lowest BCUT2D eigenvalue weighted by Crippen LogP contribution is -2.63. The fraction of sp³-hybridized carbons (Fsp3) is 0.667. The Balaban J connectivity index is 6.06. The van der Waals surface area contributed by atoms with Gasteiger partial charge in [-0.2, -0.15) is 43.9 Å². The Morgan fingerprint density at radius 2 is 1.36 bits per heavy atom. The molecule has 22 heavy (non-hydrogen) atoms. The molecule has 1 atom stereocenters. The van der Waals surface area contributed by atoms with Crippen molar-refractivity contribution in [3.63, 3.8) is 0 Å². The smallest absolute Gasteiger partial charge is 0.462 e. The zero-order valence-corrected chi connectivity index (χ0v) is 10.0. The van der Waals surface area contributed by atoms with Gasteiger partial charge in [0.05, 0.1) is 0 Å². The predicted octanol–water partition coefficient (Wildman–Crippen LogP) is 3.76. The lowest BCUT2D eigenvalue weighted by Gasteiger charge is -2.36. The third-order valence-electron chi connectivity index (χ3n) is 2.26. The van der Waals surface area contributed by atoms with Crippen molar-refractivity contribution in [1.29, 1.82) is 0 Å². The molecule has 13 heteroatoms. The molecule has 0 aliphatic rings. The second-order valence-corrected chi connectivity index (χ2v) is 3.81. The van der Waals surface area contributed by atoms with Crippen molar-refractivity contribution in [2.24, 2.45) is 0 Å². The van der Waals surface area contributed by atoms with Crippen LogP contribution in [0, 0.1) is 0 Å². The summed E-state index contributed by atoms with van der Waals surface area (Å²) >= 11 is 0. The number of carbonyl (C=O) groups is 1. The van der Waals surface area contributed by atoms with E-state index in [2.05, 4.69) is 11.3 Å². The van der Waals surface area contributed by atoms with Crippen molar-refractivity contribution in [3.8, 4) is 0 Å². The Bertz CT molecular complexity index is 438. The highest BCUT2D eigenvalue weighted by atomic mass is 19.4. The molecule has 0 aliphatic heterocycles. The third-order valence-corrected chi connectivity index (χ3v) is 2.26. The molecule has 0 fully saturated rings. The van der Waals surface area contributed by atoms with Crippen molar-refractivity contribution in [2.75, 3.05) is 0 Å².